The molecule has 0 aliphatic rings. The van der Waals surface area contributed by atoms with E-state index in [0.717, 1.165) is 32.9 Å². The topological polar surface area (TPSA) is 65.1 Å². The Kier molecular flexibility index (Phi) is 5.56. The fourth-order valence-corrected chi connectivity index (χ4v) is 3.87. The number of H-pyrrole nitrogens is 1. The number of aliphatic hydroxyl groups is 1. The highest BCUT2D eigenvalue weighted by atomic mass is 35.5. The zero-order valence-electron chi connectivity index (χ0n) is 16.2. The van der Waals surface area contributed by atoms with E-state index in [9.17, 15) is 9.90 Å². The van der Waals surface area contributed by atoms with Crippen LogP contribution in [0.1, 0.15) is 24.0 Å². The van der Waals surface area contributed by atoms with Gasteiger partial charge in [0.1, 0.15) is 0 Å². The molecule has 5 heteroatoms. The van der Waals surface area contributed by atoms with Crippen molar-refractivity contribution >= 4 is 39.3 Å². The Hall–Kier alpha value is -2.82. The number of aromatic nitrogens is 1. The van der Waals surface area contributed by atoms with E-state index in [4.69, 9.17) is 11.6 Å². The zero-order valence-corrected chi connectivity index (χ0v) is 16.9. The summed E-state index contributed by atoms with van der Waals surface area (Å²) in [6.07, 6.45) is 0.595. The fourth-order valence-electron chi connectivity index (χ4n) is 3.70. The molecular weight excluding hydrogens is 384 g/mol. The maximum Gasteiger partial charge on any atom is 0.227 e. The van der Waals surface area contributed by atoms with E-state index in [2.05, 4.69) is 10.3 Å². The molecule has 4 aromatic rings. The first-order valence-corrected chi connectivity index (χ1v) is 10.1. The number of aromatic amines is 1. The van der Waals surface area contributed by atoms with Gasteiger partial charge >= 0.3 is 0 Å². The zero-order chi connectivity index (χ0) is 20.4. The normalized spacial score (nSPS) is 13.5. The monoisotopic (exact) mass is 406 g/mol. The minimum Gasteiger partial charge on any atom is -0.394 e. The Labute approximate surface area is 174 Å². The van der Waals surface area contributed by atoms with E-state index < -0.39 is 0 Å². The Bertz CT molecular complexity index is 1150. The average Bonchev–Trinajstić information content (AvgIpc) is 3.10. The predicted molar refractivity (Wildman–Crippen MR) is 118 cm³/mol. The van der Waals surface area contributed by atoms with Crippen LogP contribution in [-0.2, 0) is 11.2 Å². The second kappa shape index (κ2) is 8.27. The van der Waals surface area contributed by atoms with E-state index >= 15 is 0 Å². The maximum absolute atomic E-state index is 12.8. The number of carbonyl (C=O) groups excluding carboxylic acids is 1. The molecule has 29 heavy (non-hydrogen) atoms. The lowest BCUT2D eigenvalue weighted by Crippen LogP contribution is -2.41. The molecule has 0 saturated heterocycles. The number of rotatable bonds is 6. The number of aliphatic hydroxyl groups excluding tert-OH is 1. The van der Waals surface area contributed by atoms with Crippen LogP contribution in [0.4, 0.5) is 0 Å². The minimum absolute atomic E-state index is 0.0986. The van der Waals surface area contributed by atoms with Gasteiger partial charge in [0.25, 0.3) is 0 Å². The summed E-state index contributed by atoms with van der Waals surface area (Å²) in [7, 11) is 0. The number of benzene rings is 3. The van der Waals surface area contributed by atoms with Gasteiger partial charge in [-0.2, -0.15) is 0 Å². The molecule has 3 aromatic carbocycles. The van der Waals surface area contributed by atoms with Crippen LogP contribution < -0.4 is 5.32 Å². The number of nitrogens with one attached hydrogen (secondary N) is 2. The van der Waals surface area contributed by atoms with Gasteiger partial charge in [0.2, 0.25) is 5.91 Å². The lowest BCUT2D eigenvalue weighted by atomic mass is 9.97. The largest absolute Gasteiger partial charge is 0.394 e. The summed E-state index contributed by atoms with van der Waals surface area (Å²) >= 11 is 6.13. The highest BCUT2D eigenvalue weighted by molar-refractivity contribution is 6.31. The summed E-state index contributed by atoms with van der Waals surface area (Å²) in [5.41, 5.74) is 3.99. The van der Waals surface area contributed by atoms with Crippen molar-refractivity contribution in [3.63, 3.8) is 0 Å². The van der Waals surface area contributed by atoms with Crippen LogP contribution in [0.3, 0.4) is 0 Å². The van der Waals surface area contributed by atoms with Gasteiger partial charge in [-0.3, -0.25) is 4.79 Å². The third-order valence-corrected chi connectivity index (χ3v) is 5.60. The standard InChI is InChI=1S/C24H23ClN2O2/c1-15(24(29)26-19(14-28)11-16-5-3-2-4-6-16)17-7-9-20-21-13-18(25)8-10-22(21)27-23(20)12-17/h2-10,12-13,15,19,27-28H,11,14H2,1H3,(H,26,29)/t15?,19-/m1/s1. The second-order valence-electron chi connectivity index (χ2n) is 7.42. The molecule has 0 fully saturated rings. The summed E-state index contributed by atoms with van der Waals surface area (Å²) in [5, 5.41) is 15.5. The Morgan fingerprint density at radius 1 is 1.03 bits per heavy atom. The molecule has 0 aliphatic heterocycles. The summed E-state index contributed by atoms with van der Waals surface area (Å²) in [5.74, 6) is -0.433. The number of hydrogen-bond acceptors (Lipinski definition) is 2. The molecular formula is C24H23ClN2O2. The molecule has 0 aliphatic carbocycles. The van der Waals surface area contributed by atoms with Crippen LogP contribution in [0, 0.1) is 0 Å². The van der Waals surface area contributed by atoms with Gasteiger partial charge in [-0.05, 0) is 48.7 Å². The van der Waals surface area contributed by atoms with E-state index in [1.54, 1.807) is 0 Å². The molecule has 0 spiro atoms. The van der Waals surface area contributed by atoms with E-state index in [1.165, 1.54) is 0 Å². The quantitative estimate of drug-likeness (QED) is 0.430. The first-order valence-electron chi connectivity index (χ1n) is 9.71. The molecule has 0 saturated carbocycles. The highest BCUT2D eigenvalue weighted by Crippen LogP contribution is 2.30. The summed E-state index contributed by atoms with van der Waals surface area (Å²) in [6, 6.07) is 21.3. The third-order valence-electron chi connectivity index (χ3n) is 5.37. The van der Waals surface area contributed by atoms with Gasteiger partial charge in [0.15, 0.2) is 0 Å². The molecule has 2 atom stereocenters. The molecule has 1 unspecified atom stereocenters. The number of fused-ring (bicyclic) bond motifs is 3. The first kappa shape index (κ1) is 19.5. The smallest absolute Gasteiger partial charge is 0.227 e. The summed E-state index contributed by atoms with van der Waals surface area (Å²) in [6.45, 7) is 1.78. The average molecular weight is 407 g/mol. The minimum atomic E-state index is -0.334. The molecule has 148 valence electrons. The molecule has 4 rings (SSSR count). The molecule has 0 radical (unpaired) electrons. The van der Waals surface area contributed by atoms with Gasteiger partial charge in [-0.1, -0.05) is 54.1 Å². The summed E-state index contributed by atoms with van der Waals surface area (Å²) < 4.78 is 0. The highest BCUT2D eigenvalue weighted by Gasteiger charge is 2.20. The second-order valence-corrected chi connectivity index (χ2v) is 7.86. The van der Waals surface area contributed by atoms with Crippen molar-refractivity contribution < 1.29 is 9.90 Å². The maximum atomic E-state index is 12.8. The number of halogens is 1. The Morgan fingerprint density at radius 2 is 1.83 bits per heavy atom. The van der Waals surface area contributed by atoms with E-state index in [1.807, 2.05) is 73.7 Å². The van der Waals surface area contributed by atoms with Crippen molar-refractivity contribution in [2.24, 2.45) is 0 Å². The van der Waals surface area contributed by atoms with Crippen LogP contribution in [0.5, 0.6) is 0 Å². The molecule has 1 heterocycles. The molecule has 4 nitrogen and oxygen atoms in total. The van der Waals surface area contributed by atoms with Crippen molar-refractivity contribution in [2.75, 3.05) is 6.61 Å². The van der Waals surface area contributed by atoms with Crippen molar-refractivity contribution in [3.05, 3.63) is 82.9 Å². The van der Waals surface area contributed by atoms with Gasteiger partial charge in [0, 0.05) is 26.8 Å². The SMILES string of the molecule is CC(C(=O)N[C@@H](CO)Cc1ccccc1)c1ccc2c(c1)[nH]c1ccc(Cl)cc12. The van der Waals surface area contributed by atoms with Gasteiger partial charge < -0.3 is 15.4 Å². The van der Waals surface area contributed by atoms with Crippen molar-refractivity contribution in [3.8, 4) is 0 Å². The van der Waals surface area contributed by atoms with Gasteiger partial charge in [0.05, 0.1) is 18.6 Å². The summed E-state index contributed by atoms with van der Waals surface area (Å²) in [4.78, 5) is 16.2. The van der Waals surface area contributed by atoms with Crippen LogP contribution in [-0.4, -0.2) is 28.6 Å². The van der Waals surface area contributed by atoms with Crippen molar-refractivity contribution in [1.82, 2.24) is 10.3 Å². The Balaban J connectivity index is 1.53. The van der Waals surface area contributed by atoms with Crippen LogP contribution >= 0.6 is 11.6 Å². The van der Waals surface area contributed by atoms with Crippen LogP contribution in [0.2, 0.25) is 5.02 Å². The van der Waals surface area contributed by atoms with Crippen LogP contribution in [0.15, 0.2) is 66.7 Å². The van der Waals surface area contributed by atoms with Crippen molar-refractivity contribution in [1.29, 1.82) is 0 Å². The molecule has 1 amide bonds. The van der Waals surface area contributed by atoms with Crippen LogP contribution in [0.25, 0.3) is 21.8 Å². The number of hydrogen-bond donors (Lipinski definition) is 3. The fraction of sp³-hybridized carbons (Fsp3) is 0.208. The van der Waals surface area contributed by atoms with Gasteiger partial charge in [-0.25, -0.2) is 0 Å². The molecule has 0 bridgehead atoms. The molecule has 1 aromatic heterocycles. The molecule has 3 N–H and O–H groups in total. The van der Waals surface area contributed by atoms with Crippen molar-refractivity contribution in [2.45, 2.75) is 25.3 Å². The van der Waals surface area contributed by atoms with E-state index in [0.29, 0.717) is 11.4 Å². The lowest BCUT2D eigenvalue weighted by Gasteiger charge is -2.20. The van der Waals surface area contributed by atoms with Gasteiger partial charge in [-0.15, -0.1) is 0 Å². The lowest BCUT2D eigenvalue weighted by molar-refractivity contribution is -0.123. The Morgan fingerprint density at radius 3 is 2.59 bits per heavy atom. The first-order chi connectivity index (χ1) is 14.0. The van der Waals surface area contributed by atoms with E-state index in [-0.39, 0.29) is 24.5 Å². The predicted octanol–water partition coefficient (Wildman–Crippen LogP) is 4.80. The number of amides is 1. The third kappa shape index (κ3) is 4.14. The number of carbonyl (C=O) groups is 1.